The van der Waals surface area contributed by atoms with Gasteiger partial charge in [-0.2, -0.15) is 0 Å². The SMILES string of the molecule is CC(=O)OCC(=O)[C@@]1(O)[C@H](c2ccccc2)CC2C3CCC4=CC(=O)C=C[C@]4(C)C3=CC[C@@]21C.CC[C@@H]1CC2C3CCC4=CC(=O)C=C[C@]4(C)C3=CC[C@]2(C)[C@H]1C(=O)COC(C)=O.CC[C@@H]1CC2C3CCC4=CC(=O)CC[C@]4(C)C3=CC[C@]2(C)[C@H]1C(=O)COC(C)=O.CC[C@H]1CC2C3CCC4=CC(=O)C=C[C@]4(C)C3=CC[C@]2(C)[C@H]1C(=O)CO.CC[C@H]1CC2C3CCC4=CC(=O)CC[C@]4(C)C3=CC[C@]2(C)[C@H]1C(=O)CO. The van der Waals surface area contributed by atoms with Gasteiger partial charge in [-0.15, -0.1) is 0 Å². The summed E-state index contributed by atoms with van der Waals surface area (Å²) in [6, 6.07) is 9.75. The van der Waals surface area contributed by atoms with E-state index in [0.29, 0.717) is 96.7 Å². The van der Waals surface area contributed by atoms with Crippen LogP contribution in [0.25, 0.3) is 0 Å². The summed E-state index contributed by atoms with van der Waals surface area (Å²) in [5.74, 6) is 4.59. The fourth-order valence-electron chi connectivity index (χ4n) is 35.8. The summed E-state index contributed by atoms with van der Waals surface area (Å²) in [7, 11) is 0. The molecule has 30 atom stereocenters. The summed E-state index contributed by atoms with van der Waals surface area (Å²) in [6.45, 7) is 34.0. The Kier molecular flexibility index (Phi) is 29.5. The Balaban J connectivity index is 0.000000124. The van der Waals surface area contributed by atoms with Crippen LogP contribution in [0.1, 0.15) is 309 Å². The molecular formula is C125H160O19. The first-order chi connectivity index (χ1) is 68.2. The molecule has 10 unspecified atom stereocenters. The zero-order valence-electron chi connectivity index (χ0n) is 88.8. The summed E-state index contributed by atoms with van der Waals surface area (Å²) >= 11 is 0. The molecule has 19 heteroatoms. The second kappa shape index (κ2) is 40.0. The third-order valence-electron chi connectivity index (χ3n) is 43.1. The minimum absolute atomic E-state index is 0.00187. The van der Waals surface area contributed by atoms with Crippen LogP contribution in [0.5, 0.6) is 0 Å². The summed E-state index contributed by atoms with van der Waals surface area (Å²) in [6.07, 6.45) is 58.8. The molecule has 774 valence electrons. The van der Waals surface area contributed by atoms with Crippen molar-refractivity contribution in [2.75, 3.05) is 33.0 Å². The van der Waals surface area contributed by atoms with Crippen molar-refractivity contribution in [3.8, 4) is 0 Å². The second-order valence-corrected chi connectivity index (χ2v) is 49.7. The quantitative estimate of drug-likeness (QED) is 0.0698. The van der Waals surface area contributed by atoms with Crippen molar-refractivity contribution in [1.29, 1.82) is 0 Å². The van der Waals surface area contributed by atoms with Gasteiger partial charge in [0.15, 0.2) is 58.7 Å². The minimum Gasteiger partial charge on any atom is -0.458 e. The highest BCUT2D eigenvalue weighted by atomic mass is 16.5. The van der Waals surface area contributed by atoms with E-state index in [-0.39, 0.29) is 175 Å². The Morgan fingerprint density at radius 1 is 0.354 bits per heavy atom. The largest absolute Gasteiger partial charge is 0.458 e. The van der Waals surface area contributed by atoms with Gasteiger partial charge in [0.1, 0.15) is 32.0 Å². The maximum Gasteiger partial charge on any atom is 0.303 e. The molecule has 19 nitrogen and oxygen atoms in total. The predicted octanol–water partition coefficient (Wildman–Crippen LogP) is 22.2. The van der Waals surface area contributed by atoms with Crippen molar-refractivity contribution in [3.63, 3.8) is 0 Å². The second-order valence-electron chi connectivity index (χ2n) is 49.7. The predicted molar refractivity (Wildman–Crippen MR) is 552 cm³/mol. The average Bonchev–Trinajstić information content (AvgIpc) is 1.51. The molecule has 21 rings (SSSR count). The fraction of sp³-hybridized carbons (Fsp3) is 0.640. The normalized spacial score (nSPS) is 41.4. The Labute approximate surface area is 854 Å². The number of allylic oxidation sites excluding steroid dienone is 26. The van der Waals surface area contributed by atoms with Crippen LogP contribution >= 0.6 is 0 Å². The lowest BCUT2D eigenvalue weighted by atomic mass is 9.51. The van der Waals surface area contributed by atoms with E-state index in [1.807, 2.05) is 67.6 Å². The van der Waals surface area contributed by atoms with Crippen LogP contribution in [-0.2, 0) is 76.5 Å². The van der Waals surface area contributed by atoms with Crippen molar-refractivity contribution in [3.05, 3.63) is 189 Å². The molecule has 0 heterocycles. The lowest BCUT2D eigenvalue weighted by Gasteiger charge is -2.53. The van der Waals surface area contributed by atoms with Crippen molar-refractivity contribution in [2.45, 2.75) is 309 Å². The molecule has 0 radical (unpaired) electrons. The number of fused-ring (bicyclic) bond motifs is 25. The Morgan fingerprint density at radius 2 is 0.653 bits per heavy atom. The minimum atomic E-state index is -1.65. The number of aliphatic hydroxyl groups excluding tert-OH is 2. The Bertz CT molecular complexity index is 5840. The first-order valence-corrected chi connectivity index (χ1v) is 55.1. The molecule has 0 amide bonds. The molecule has 3 N–H and O–H groups in total. The van der Waals surface area contributed by atoms with Crippen LogP contribution in [0.3, 0.4) is 0 Å². The molecule has 0 saturated heterocycles. The van der Waals surface area contributed by atoms with Crippen molar-refractivity contribution >= 4 is 75.7 Å². The highest BCUT2D eigenvalue weighted by Gasteiger charge is 2.71. The number of aliphatic hydroxyl groups is 3. The van der Waals surface area contributed by atoms with Crippen LogP contribution in [-0.4, -0.2) is 130 Å². The van der Waals surface area contributed by atoms with Gasteiger partial charge in [-0.05, 0) is 321 Å². The number of esters is 3. The molecule has 0 spiro atoms. The molecule has 0 aromatic heterocycles. The monoisotopic (exact) mass is 1970 g/mol. The van der Waals surface area contributed by atoms with Crippen LogP contribution in [0.15, 0.2) is 183 Å². The van der Waals surface area contributed by atoms with Gasteiger partial charge in [0.05, 0.1) is 0 Å². The van der Waals surface area contributed by atoms with Crippen LogP contribution in [0.4, 0.5) is 0 Å². The number of hydrogen-bond donors (Lipinski definition) is 3. The Morgan fingerprint density at radius 3 is 0.979 bits per heavy atom. The van der Waals surface area contributed by atoms with E-state index in [1.165, 1.54) is 65.4 Å². The third kappa shape index (κ3) is 17.6. The van der Waals surface area contributed by atoms with Gasteiger partial charge < -0.3 is 29.5 Å². The maximum absolute atomic E-state index is 13.6. The highest BCUT2D eigenvalue weighted by molar-refractivity contribution is 6.03. The van der Waals surface area contributed by atoms with Crippen LogP contribution in [0, 0.1) is 161 Å². The van der Waals surface area contributed by atoms with Gasteiger partial charge in [-0.3, -0.25) is 62.3 Å². The molecule has 20 aliphatic rings. The average molecular weight is 1970 g/mol. The van der Waals surface area contributed by atoms with Gasteiger partial charge >= 0.3 is 17.9 Å². The molecule has 0 aliphatic heterocycles. The van der Waals surface area contributed by atoms with E-state index in [1.54, 1.807) is 29.9 Å². The van der Waals surface area contributed by atoms with Gasteiger partial charge in [0.2, 0.25) is 5.78 Å². The van der Waals surface area contributed by atoms with Crippen LogP contribution < -0.4 is 0 Å². The summed E-state index contributed by atoms with van der Waals surface area (Å²) in [5.41, 5.74) is 11.5. The van der Waals surface area contributed by atoms with E-state index >= 15 is 0 Å². The van der Waals surface area contributed by atoms with Crippen molar-refractivity contribution < 1.29 is 91.9 Å². The van der Waals surface area contributed by atoms with Gasteiger partial charge in [0, 0.05) is 95.7 Å². The summed E-state index contributed by atoms with van der Waals surface area (Å²) in [5, 5.41) is 31.4. The number of rotatable bonds is 18. The number of carbonyl (C=O) groups excluding carboxylic acids is 13. The molecular weight excluding hydrogens is 1810 g/mol. The number of ketones is 10. The van der Waals surface area contributed by atoms with E-state index < -0.39 is 35.3 Å². The van der Waals surface area contributed by atoms with Gasteiger partial charge in [-0.1, -0.05) is 237 Å². The zero-order chi connectivity index (χ0) is 104. The Hall–Kier alpha value is -9.17. The molecule has 0 bridgehead atoms. The number of ether oxygens (including phenoxy) is 3. The van der Waals surface area contributed by atoms with Crippen molar-refractivity contribution in [1.82, 2.24) is 0 Å². The molecule has 144 heavy (non-hydrogen) atoms. The zero-order valence-corrected chi connectivity index (χ0v) is 88.8. The summed E-state index contributed by atoms with van der Waals surface area (Å²) in [4.78, 5) is 159. The molecule has 10 fully saturated rings. The van der Waals surface area contributed by atoms with E-state index in [0.717, 1.165) is 165 Å². The van der Waals surface area contributed by atoms with E-state index in [2.05, 4.69) is 133 Å². The number of Topliss-reactive ketones (excluding diaryl/α,β-unsaturated/α-hetero) is 5. The topological polar surface area (TPSA) is 310 Å². The van der Waals surface area contributed by atoms with Gasteiger partial charge in [0.25, 0.3) is 0 Å². The smallest absolute Gasteiger partial charge is 0.303 e. The third-order valence-corrected chi connectivity index (χ3v) is 43.1. The number of benzene rings is 1. The van der Waals surface area contributed by atoms with Gasteiger partial charge in [-0.25, -0.2) is 0 Å². The molecule has 1 aromatic rings. The lowest BCUT2D eigenvalue weighted by Crippen LogP contribution is -2.57. The summed E-state index contributed by atoms with van der Waals surface area (Å²) < 4.78 is 15.3. The molecule has 1 aromatic carbocycles. The number of hydrogen-bond acceptors (Lipinski definition) is 19. The maximum atomic E-state index is 13.6. The molecule has 10 saturated carbocycles. The first kappa shape index (κ1) is 106. The lowest BCUT2D eigenvalue weighted by molar-refractivity contribution is -0.164. The van der Waals surface area contributed by atoms with E-state index in [9.17, 15) is 77.6 Å². The van der Waals surface area contributed by atoms with Crippen LogP contribution in [0.2, 0.25) is 0 Å². The van der Waals surface area contributed by atoms with E-state index in [4.69, 9.17) is 14.2 Å². The fourth-order valence-corrected chi connectivity index (χ4v) is 35.8. The first-order valence-electron chi connectivity index (χ1n) is 55.1. The molecule has 20 aliphatic carbocycles. The highest BCUT2D eigenvalue weighted by Crippen LogP contribution is 2.74. The standard InChI is InChI=1S/C29H32O5.C25H34O4.C25H32O4.C23H32O3.C23H30O3/c1-18(30)34-17-26(32)29(33)24(19-7-5-4-6-8-19)16-25-22-10-9-20-15-21(31)11-13-27(20,2)23(22)12-14-28(25,29)3;2*1-5-16-12-21-19-7-6-17-13-18(27)8-10-24(17,3)20(19)9-11-25(21,4)23(16)22(28)14-29-15(2)26;2*1-4-14-11-19-17-6-5-15-12-16(25)7-9-22(15,2)18(17)8-10-23(19,3)21(14)20(26)13-24/h4-8,11-13,15,22,24-25,33H,9-10,14,16-17H2,1-3H3;9,13,16,19,21,23H,5-8,10-12,14H2,1-4H3;8-10,13,16,19,21,23H,5-7,11-12,14H2,1-4H3;8,12,14,17,19,21,24H,4-7,9-11,13H2,1-3H3;7-9,12,14,17,19,21,24H,4-6,10-11,13H2,1-3H3/t22?,24-,25?,27-,28-,29-;2*16-,19?,21?,23-,24+,25+;2*14-,17?,19?,21+,22-,23-/m01100/s1. The number of carbonyl (C=O) groups is 13. The van der Waals surface area contributed by atoms with Crippen molar-refractivity contribution in [2.24, 2.45) is 161 Å².